The third kappa shape index (κ3) is 5.64. The number of nitrogens with one attached hydrogen (secondary N) is 1. The van der Waals surface area contributed by atoms with Gasteiger partial charge < -0.3 is 15.8 Å². The van der Waals surface area contributed by atoms with Crippen LogP contribution in [0.2, 0.25) is 0 Å². The Morgan fingerprint density at radius 1 is 1.56 bits per heavy atom. The number of hydrogen-bond acceptors (Lipinski definition) is 4. The molecule has 3 N–H and O–H groups in total. The molecule has 0 radical (unpaired) electrons. The van der Waals surface area contributed by atoms with E-state index in [2.05, 4.69) is 5.32 Å². The van der Waals surface area contributed by atoms with Gasteiger partial charge in [-0.3, -0.25) is 4.90 Å². The standard InChI is InChI=1S/C12H23N3O2S/c1-12(2,3)17-11(16)15(8-10(13)18)7-9-5-4-6-14-9/h9,14H,4-8H2,1-3H3,(H2,13,18). The normalized spacial score (nSPS) is 19.6. The van der Waals surface area contributed by atoms with E-state index in [-0.39, 0.29) is 12.6 Å². The Morgan fingerprint density at radius 2 is 2.22 bits per heavy atom. The van der Waals surface area contributed by atoms with Gasteiger partial charge in [-0.25, -0.2) is 4.79 Å². The van der Waals surface area contributed by atoms with Gasteiger partial charge >= 0.3 is 6.09 Å². The van der Waals surface area contributed by atoms with Gasteiger partial charge in [-0.15, -0.1) is 0 Å². The lowest BCUT2D eigenvalue weighted by atomic mass is 10.2. The lowest BCUT2D eigenvalue weighted by molar-refractivity contribution is 0.0266. The average Bonchev–Trinajstić information content (AvgIpc) is 2.65. The molecule has 1 aliphatic rings. The Bertz CT molecular complexity index is 309. The highest BCUT2D eigenvalue weighted by molar-refractivity contribution is 7.80. The van der Waals surface area contributed by atoms with Gasteiger partial charge in [0.05, 0.1) is 11.5 Å². The molecule has 0 aliphatic carbocycles. The van der Waals surface area contributed by atoms with E-state index < -0.39 is 5.60 Å². The number of amides is 1. The first-order chi connectivity index (χ1) is 8.28. The van der Waals surface area contributed by atoms with E-state index in [4.69, 9.17) is 22.7 Å². The Balaban J connectivity index is 2.58. The maximum atomic E-state index is 12.0. The monoisotopic (exact) mass is 273 g/mol. The largest absolute Gasteiger partial charge is 0.444 e. The Kier molecular flexibility index (Phi) is 5.34. The quantitative estimate of drug-likeness (QED) is 0.755. The molecule has 0 bridgehead atoms. The van der Waals surface area contributed by atoms with E-state index in [1.165, 1.54) is 0 Å². The Labute approximate surface area is 114 Å². The van der Waals surface area contributed by atoms with Crippen molar-refractivity contribution in [2.24, 2.45) is 5.73 Å². The first-order valence-electron chi connectivity index (χ1n) is 6.27. The third-order valence-electron chi connectivity index (χ3n) is 2.60. The van der Waals surface area contributed by atoms with Gasteiger partial charge in [0, 0.05) is 12.6 Å². The van der Waals surface area contributed by atoms with Gasteiger partial charge in [0.2, 0.25) is 0 Å². The second-order valence-corrected chi connectivity index (χ2v) is 6.14. The fourth-order valence-electron chi connectivity index (χ4n) is 1.90. The lowest BCUT2D eigenvalue weighted by Gasteiger charge is -2.29. The zero-order chi connectivity index (χ0) is 13.8. The summed E-state index contributed by atoms with van der Waals surface area (Å²) in [4.78, 5) is 13.9. The molecule has 5 nitrogen and oxygen atoms in total. The molecule has 1 fully saturated rings. The topological polar surface area (TPSA) is 67.6 Å². The predicted molar refractivity (Wildman–Crippen MR) is 75.6 cm³/mol. The molecule has 104 valence electrons. The van der Waals surface area contributed by atoms with Crippen LogP contribution in [0.25, 0.3) is 0 Å². The number of nitrogens with two attached hydrogens (primary N) is 1. The third-order valence-corrected chi connectivity index (χ3v) is 2.73. The summed E-state index contributed by atoms with van der Waals surface area (Å²) in [5.41, 5.74) is 5.03. The highest BCUT2D eigenvalue weighted by Crippen LogP contribution is 2.12. The van der Waals surface area contributed by atoms with Crippen LogP contribution in [0.15, 0.2) is 0 Å². The first kappa shape index (κ1) is 15.2. The van der Waals surface area contributed by atoms with Crippen molar-refractivity contribution < 1.29 is 9.53 Å². The number of carbonyl (C=O) groups is 1. The van der Waals surface area contributed by atoms with Gasteiger partial charge in [0.15, 0.2) is 0 Å². The SMILES string of the molecule is CC(C)(C)OC(=O)N(CC(N)=S)CC1CCCN1. The number of rotatable bonds is 4. The van der Waals surface area contributed by atoms with Gasteiger partial charge in [-0.1, -0.05) is 12.2 Å². The molecule has 0 aromatic heterocycles. The number of ether oxygens (including phenoxy) is 1. The zero-order valence-electron chi connectivity index (χ0n) is 11.4. The molecule has 1 unspecified atom stereocenters. The molecule has 18 heavy (non-hydrogen) atoms. The van der Waals surface area contributed by atoms with Crippen LogP contribution in [0.3, 0.4) is 0 Å². The summed E-state index contributed by atoms with van der Waals surface area (Å²) in [6.45, 7) is 7.39. The van der Waals surface area contributed by atoms with Crippen LogP contribution < -0.4 is 11.1 Å². The molecule has 1 heterocycles. The molecule has 1 atom stereocenters. The Hall–Kier alpha value is -0.880. The maximum Gasteiger partial charge on any atom is 0.410 e. The van der Waals surface area contributed by atoms with Gasteiger partial charge in [-0.05, 0) is 40.2 Å². The van der Waals surface area contributed by atoms with Crippen molar-refractivity contribution in [2.45, 2.75) is 45.3 Å². The molecule has 6 heteroatoms. The average molecular weight is 273 g/mol. The van der Waals surface area contributed by atoms with Crippen molar-refractivity contribution in [1.29, 1.82) is 0 Å². The van der Waals surface area contributed by atoms with Gasteiger partial charge in [0.1, 0.15) is 5.60 Å². The molecule has 1 amide bonds. The van der Waals surface area contributed by atoms with Gasteiger partial charge in [-0.2, -0.15) is 0 Å². The number of carbonyl (C=O) groups excluding carboxylic acids is 1. The maximum absolute atomic E-state index is 12.0. The number of hydrogen-bond donors (Lipinski definition) is 2. The second kappa shape index (κ2) is 6.33. The lowest BCUT2D eigenvalue weighted by Crippen LogP contribution is -2.46. The number of nitrogens with zero attached hydrogens (tertiary/aromatic N) is 1. The first-order valence-corrected chi connectivity index (χ1v) is 6.68. The molecule has 0 aromatic carbocycles. The minimum atomic E-state index is -0.505. The van der Waals surface area contributed by atoms with Crippen LogP contribution in [0.1, 0.15) is 33.6 Å². The predicted octanol–water partition coefficient (Wildman–Crippen LogP) is 1.26. The summed E-state index contributed by atoms with van der Waals surface area (Å²) in [5, 5.41) is 3.34. The summed E-state index contributed by atoms with van der Waals surface area (Å²) >= 11 is 4.88. The summed E-state index contributed by atoms with van der Waals surface area (Å²) in [5.74, 6) is 0. The van der Waals surface area contributed by atoms with Crippen LogP contribution in [-0.2, 0) is 4.74 Å². The molecule has 0 saturated carbocycles. The smallest absolute Gasteiger partial charge is 0.410 e. The fraction of sp³-hybridized carbons (Fsp3) is 0.833. The summed E-state index contributed by atoms with van der Waals surface area (Å²) in [7, 11) is 0. The minimum absolute atomic E-state index is 0.266. The summed E-state index contributed by atoms with van der Waals surface area (Å²) < 4.78 is 5.36. The van der Waals surface area contributed by atoms with Crippen molar-refractivity contribution in [3.8, 4) is 0 Å². The zero-order valence-corrected chi connectivity index (χ0v) is 12.2. The van der Waals surface area contributed by atoms with Crippen molar-refractivity contribution in [2.75, 3.05) is 19.6 Å². The van der Waals surface area contributed by atoms with Crippen molar-refractivity contribution in [3.63, 3.8) is 0 Å². The molecule has 0 aromatic rings. The molecular weight excluding hydrogens is 250 g/mol. The van der Waals surface area contributed by atoms with E-state index in [1.807, 2.05) is 20.8 Å². The van der Waals surface area contributed by atoms with Crippen molar-refractivity contribution in [3.05, 3.63) is 0 Å². The Morgan fingerprint density at radius 3 is 2.67 bits per heavy atom. The van der Waals surface area contributed by atoms with Gasteiger partial charge in [0.25, 0.3) is 0 Å². The van der Waals surface area contributed by atoms with Crippen LogP contribution in [0.5, 0.6) is 0 Å². The van der Waals surface area contributed by atoms with E-state index >= 15 is 0 Å². The second-order valence-electron chi connectivity index (χ2n) is 5.62. The minimum Gasteiger partial charge on any atom is -0.444 e. The van der Waals surface area contributed by atoms with Crippen LogP contribution in [0, 0.1) is 0 Å². The molecule has 0 spiro atoms. The highest BCUT2D eigenvalue weighted by Gasteiger charge is 2.26. The molecule has 1 rings (SSSR count). The van der Waals surface area contributed by atoms with Crippen molar-refractivity contribution >= 4 is 23.3 Å². The van der Waals surface area contributed by atoms with E-state index in [0.29, 0.717) is 17.6 Å². The molecule has 1 saturated heterocycles. The van der Waals surface area contributed by atoms with Crippen LogP contribution in [0.4, 0.5) is 4.79 Å². The molecule has 1 aliphatic heterocycles. The van der Waals surface area contributed by atoms with Crippen LogP contribution >= 0.6 is 12.2 Å². The summed E-state index contributed by atoms with van der Waals surface area (Å²) in [6, 6.07) is 0.312. The van der Waals surface area contributed by atoms with E-state index in [0.717, 1.165) is 19.4 Å². The highest BCUT2D eigenvalue weighted by atomic mass is 32.1. The number of thiocarbonyl (C=S) groups is 1. The van der Waals surface area contributed by atoms with Crippen molar-refractivity contribution in [1.82, 2.24) is 10.2 Å². The summed E-state index contributed by atoms with van der Waals surface area (Å²) in [6.07, 6.45) is 1.85. The van der Waals surface area contributed by atoms with E-state index in [9.17, 15) is 4.79 Å². The van der Waals surface area contributed by atoms with E-state index in [1.54, 1.807) is 4.90 Å². The fourth-order valence-corrected chi connectivity index (χ4v) is 2.05. The molecular formula is C12H23N3O2S. The van der Waals surface area contributed by atoms with Crippen LogP contribution in [-0.4, -0.2) is 47.3 Å².